The summed E-state index contributed by atoms with van der Waals surface area (Å²) in [5.41, 5.74) is 5.46. The first kappa shape index (κ1) is 13.8. The van der Waals surface area contributed by atoms with Crippen LogP contribution in [0.5, 0.6) is 5.75 Å². The molecule has 0 bridgehead atoms. The van der Waals surface area contributed by atoms with Crippen molar-refractivity contribution in [2.45, 2.75) is 6.92 Å². The molecule has 2 nitrogen and oxygen atoms in total. The molecular formula is C10H10Cl3NOS. The summed E-state index contributed by atoms with van der Waals surface area (Å²) in [6.45, 7) is 2.22. The van der Waals surface area contributed by atoms with E-state index in [-0.39, 0.29) is 5.92 Å². The lowest BCUT2D eigenvalue weighted by Crippen LogP contribution is -2.24. The average Bonchev–Trinajstić information content (AvgIpc) is 2.20. The highest BCUT2D eigenvalue weighted by atomic mass is 35.5. The summed E-state index contributed by atoms with van der Waals surface area (Å²) in [5, 5.41) is 1.19. The molecule has 0 radical (unpaired) electrons. The van der Waals surface area contributed by atoms with Crippen molar-refractivity contribution in [1.82, 2.24) is 0 Å². The molecule has 1 rings (SSSR count). The lowest BCUT2D eigenvalue weighted by Gasteiger charge is -2.13. The Hall–Kier alpha value is -0.220. The summed E-state index contributed by atoms with van der Waals surface area (Å²) in [6.07, 6.45) is 0. The Bertz CT molecular complexity index is 411. The van der Waals surface area contributed by atoms with Gasteiger partial charge >= 0.3 is 0 Å². The third-order valence-electron chi connectivity index (χ3n) is 1.95. The van der Waals surface area contributed by atoms with Crippen molar-refractivity contribution >= 4 is 52.0 Å². The summed E-state index contributed by atoms with van der Waals surface area (Å²) >= 11 is 22.4. The minimum absolute atomic E-state index is 0.0273. The molecule has 0 amide bonds. The molecule has 0 saturated heterocycles. The summed E-state index contributed by atoms with van der Waals surface area (Å²) in [5.74, 6) is 0.444. The maximum Gasteiger partial charge on any atom is 0.139 e. The van der Waals surface area contributed by atoms with Crippen LogP contribution in [0.2, 0.25) is 15.1 Å². The van der Waals surface area contributed by atoms with E-state index in [1.165, 1.54) is 6.07 Å². The average molecular weight is 299 g/mol. The largest absolute Gasteiger partial charge is 0.491 e. The molecule has 0 saturated carbocycles. The van der Waals surface area contributed by atoms with Crippen LogP contribution in [0.4, 0.5) is 0 Å². The topological polar surface area (TPSA) is 35.2 Å². The molecule has 1 atom stereocenters. The van der Waals surface area contributed by atoms with Crippen molar-refractivity contribution in [3.05, 3.63) is 27.2 Å². The predicted octanol–water partition coefficient (Wildman–Crippen LogP) is 3.95. The van der Waals surface area contributed by atoms with Crippen LogP contribution in [0.1, 0.15) is 6.92 Å². The highest BCUT2D eigenvalue weighted by molar-refractivity contribution is 7.80. The molecule has 0 spiro atoms. The Morgan fingerprint density at radius 1 is 1.31 bits per heavy atom. The summed E-state index contributed by atoms with van der Waals surface area (Å²) in [6, 6.07) is 3.10. The Kier molecular flexibility index (Phi) is 5.12. The maximum atomic E-state index is 5.93. The van der Waals surface area contributed by atoms with Crippen LogP contribution in [0.25, 0.3) is 0 Å². The molecule has 16 heavy (non-hydrogen) atoms. The second kappa shape index (κ2) is 5.92. The van der Waals surface area contributed by atoms with Crippen molar-refractivity contribution < 1.29 is 4.74 Å². The standard InChI is InChI=1S/C10H10Cl3NOS/c1-5(10(14)16)4-15-9-3-7(12)6(11)2-8(9)13/h2-3,5H,4H2,1H3,(H2,14,16). The molecular weight excluding hydrogens is 289 g/mol. The third kappa shape index (κ3) is 3.67. The van der Waals surface area contributed by atoms with Gasteiger partial charge in [0.15, 0.2) is 0 Å². The monoisotopic (exact) mass is 297 g/mol. The Morgan fingerprint density at radius 3 is 2.44 bits per heavy atom. The van der Waals surface area contributed by atoms with Gasteiger partial charge in [0.2, 0.25) is 0 Å². The molecule has 0 aromatic heterocycles. The van der Waals surface area contributed by atoms with Gasteiger partial charge in [-0.25, -0.2) is 0 Å². The van der Waals surface area contributed by atoms with Gasteiger partial charge in [-0.3, -0.25) is 0 Å². The van der Waals surface area contributed by atoms with E-state index in [0.717, 1.165) is 0 Å². The van der Waals surface area contributed by atoms with Gasteiger partial charge < -0.3 is 10.5 Å². The number of nitrogens with two attached hydrogens (primary N) is 1. The fourth-order valence-electron chi connectivity index (χ4n) is 0.912. The van der Waals surface area contributed by atoms with Crippen molar-refractivity contribution in [3.8, 4) is 5.75 Å². The molecule has 0 heterocycles. The first-order valence-corrected chi connectivity index (χ1v) is 6.02. The first-order valence-electron chi connectivity index (χ1n) is 4.48. The van der Waals surface area contributed by atoms with Crippen LogP contribution in [0.3, 0.4) is 0 Å². The van der Waals surface area contributed by atoms with Crippen LogP contribution in [0, 0.1) is 5.92 Å². The van der Waals surface area contributed by atoms with Crippen LogP contribution in [0.15, 0.2) is 12.1 Å². The number of thiocarbonyl (C=S) groups is 1. The molecule has 1 unspecified atom stereocenters. The maximum absolute atomic E-state index is 5.93. The van der Waals surface area contributed by atoms with E-state index in [4.69, 9.17) is 57.5 Å². The molecule has 88 valence electrons. The van der Waals surface area contributed by atoms with Crippen molar-refractivity contribution in [2.75, 3.05) is 6.61 Å². The minimum atomic E-state index is -0.0273. The lowest BCUT2D eigenvalue weighted by atomic mass is 10.2. The third-order valence-corrected chi connectivity index (χ3v) is 3.37. The van der Waals surface area contributed by atoms with Gasteiger partial charge in [-0.2, -0.15) is 0 Å². The van der Waals surface area contributed by atoms with E-state index in [1.54, 1.807) is 6.07 Å². The van der Waals surface area contributed by atoms with Gasteiger partial charge in [-0.15, -0.1) is 0 Å². The highest BCUT2D eigenvalue weighted by Gasteiger charge is 2.10. The molecule has 2 N–H and O–H groups in total. The summed E-state index contributed by atoms with van der Waals surface area (Å²) in [7, 11) is 0. The predicted molar refractivity (Wildman–Crippen MR) is 72.9 cm³/mol. The molecule has 0 aliphatic rings. The molecule has 0 aliphatic heterocycles. The van der Waals surface area contributed by atoms with Crippen LogP contribution in [-0.2, 0) is 0 Å². The van der Waals surface area contributed by atoms with E-state index in [0.29, 0.717) is 32.4 Å². The zero-order valence-electron chi connectivity index (χ0n) is 8.47. The van der Waals surface area contributed by atoms with Gasteiger partial charge in [0.05, 0.1) is 26.7 Å². The Balaban J connectivity index is 2.74. The van der Waals surface area contributed by atoms with Crippen molar-refractivity contribution in [1.29, 1.82) is 0 Å². The lowest BCUT2D eigenvalue weighted by molar-refractivity contribution is 0.293. The smallest absolute Gasteiger partial charge is 0.139 e. The van der Waals surface area contributed by atoms with Crippen LogP contribution in [-0.4, -0.2) is 11.6 Å². The van der Waals surface area contributed by atoms with Gasteiger partial charge in [-0.05, 0) is 6.07 Å². The van der Waals surface area contributed by atoms with E-state index in [2.05, 4.69) is 0 Å². The highest BCUT2D eigenvalue weighted by Crippen LogP contribution is 2.33. The first-order chi connectivity index (χ1) is 7.41. The number of halogens is 3. The van der Waals surface area contributed by atoms with E-state index >= 15 is 0 Å². The normalized spacial score (nSPS) is 12.2. The summed E-state index contributed by atoms with van der Waals surface area (Å²) < 4.78 is 5.45. The molecule has 0 aliphatic carbocycles. The van der Waals surface area contributed by atoms with E-state index in [9.17, 15) is 0 Å². The zero-order valence-corrected chi connectivity index (χ0v) is 11.6. The van der Waals surface area contributed by atoms with Crippen LogP contribution < -0.4 is 10.5 Å². The van der Waals surface area contributed by atoms with E-state index < -0.39 is 0 Å². The van der Waals surface area contributed by atoms with Gasteiger partial charge in [0, 0.05) is 12.0 Å². The summed E-state index contributed by atoms with van der Waals surface area (Å²) in [4.78, 5) is 0.399. The quantitative estimate of drug-likeness (QED) is 0.675. The Labute approximate surface area is 115 Å². The minimum Gasteiger partial charge on any atom is -0.491 e. The zero-order chi connectivity index (χ0) is 12.3. The molecule has 1 aromatic rings. The second-order valence-corrected chi connectivity index (χ2v) is 5.00. The fourth-order valence-corrected chi connectivity index (χ4v) is 1.57. The molecule has 6 heteroatoms. The van der Waals surface area contributed by atoms with Gasteiger partial charge in [0.25, 0.3) is 0 Å². The Morgan fingerprint density at radius 2 is 1.88 bits per heavy atom. The van der Waals surface area contributed by atoms with E-state index in [1.807, 2.05) is 6.92 Å². The fraction of sp³-hybridized carbons (Fsp3) is 0.300. The van der Waals surface area contributed by atoms with Crippen molar-refractivity contribution in [3.63, 3.8) is 0 Å². The van der Waals surface area contributed by atoms with Gasteiger partial charge in [0.1, 0.15) is 5.75 Å². The van der Waals surface area contributed by atoms with Crippen LogP contribution >= 0.6 is 47.0 Å². The van der Waals surface area contributed by atoms with Gasteiger partial charge in [-0.1, -0.05) is 53.9 Å². The van der Waals surface area contributed by atoms with Crippen molar-refractivity contribution in [2.24, 2.45) is 11.7 Å². The second-order valence-electron chi connectivity index (χ2n) is 3.31. The number of ether oxygens (including phenoxy) is 1. The molecule has 0 fully saturated rings. The molecule has 1 aromatic carbocycles. The number of hydrogen-bond donors (Lipinski definition) is 1. The number of rotatable bonds is 4. The SMILES string of the molecule is CC(COc1cc(Cl)c(Cl)cc1Cl)C(N)=S. The number of benzene rings is 1. The number of hydrogen-bond acceptors (Lipinski definition) is 2.